The van der Waals surface area contributed by atoms with Crippen molar-refractivity contribution in [1.82, 2.24) is 14.5 Å². The lowest BCUT2D eigenvalue weighted by molar-refractivity contribution is 0.0730. The second-order valence-electron chi connectivity index (χ2n) is 4.56. The Balaban J connectivity index is 1.88. The van der Waals surface area contributed by atoms with E-state index in [1.807, 2.05) is 29.3 Å². The zero-order valence-electron chi connectivity index (χ0n) is 9.92. The molecule has 1 aliphatic rings. The Morgan fingerprint density at radius 2 is 2.11 bits per heavy atom. The number of halogens is 1. The number of hydrogen-bond acceptors (Lipinski definition) is 2. The van der Waals surface area contributed by atoms with E-state index in [2.05, 4.69) is 21.0 Å². The van der Waals surface area contributed by atoms with Crippen LogP contribution >= 0.6 is 15.9 Å². The van der Waals surface area contributed by atoms with Gasteiger partial charge in [0.05, 0.1) is 17.3 Å². The van der Waals surface area contributed by atoms with Crippen molar-refractivity contribution in [2.75, 3.05) is 13.1 Å². The van der Waals surface area contributed by atoms with Crippen LogP contribution in [0.2, 0.25) is 0 Å². The van der Waals surface area contributed by atoms with Crippen molar-refractivity contribution in [3.05, 3.63) is 36.2 Å². The number of carbonyl (C=O) groups is 1. The average Bonchev–Trinajstić information content (AvgIpc) is 2.82. The van der Waals surface area contributed by atoms with E-state index in [0.717, 1.165) is 31.4 Å². The smallest absolute Gasteiger partial charge is 0.257 e. The molecule has 3 rings (SSSR count). The highest BCUT2D eigenvalue weighted by Crippen LogP contribution is 2.20. The van der Waals surface area contributed by atoms with Gasteiger partial charge in [-0.05, 0) is 25.0 Å². The van der Waals surface area contributed by atoms with Crippen LogP contribution in [0.4, 0.5) is 0 Å². The van der Waals surface area contributed by atoms with Gasteiger partial charge in [0.2, 0.25) is 0 Å². The van der Waals surface area contributed by atoms with Crippen LogP contribution in [-0.4, -0.2) is 38.3 Å². The molecular formula is C13H14BrN3O. The molecule has 0 atom stereocenters. The summed E-state index contributed by atoms with van der Waals surface area (Å²) in [7, 11) is 0. The quantitative estimate of drug-likeness (QED) is 0.758. The highest BCUT2D eigenvalue weighted by Gasteiger charge is 2.24. The molecule has 0 aliphatic carbocycles. The maximum atomic E-state index is 12.4. The van der Waals surface area contributed by atoms with Crippen LogP contribution in [-0.2, 0) is 0 Å². The summed E-state index contributed by atoms with van der Waals surface area (Å²) in [6.07, 6.45) is 5.56. The van der Waals surface area contributed by atoms with E-state index < -0.39 is 0 Å². The number of amides is 1. The number of nitrogens with zero attached hydrogens (tertiary/aromatic N) is 3. The van der Waals surface area contributed by atoms with Crippen molar-refractivity contribution in [3.8, 4) is 0 Å². The van der Waals surface area contributed by atoms with Crippen LogP contribution in [0.3, 0.4) is 0 Å². The molecule has 0 bridgehead atoms. The third kappa shape index (κ3) is 2.03. The predicted molar refractivity (Wildman–Crippen MR) is 73.0 cm³/mol. The Hall–Kier alpha value is -1.36. The highest BCUT2D eigenvalue weighted by atomic mass is 79.9. The van der Waals surface area contributed by atoms with E-state index in [1.54, 1.807) is 10.7 Å². The lowest BCUT2D eigenvalue weighted by atomic mass is 10.1. The van der Waals surface area contributed by atoms with E-state index in [1.165, 1.54) is 0 Å². The molecule has 2 aromatic heterocycles. The van der Waals surface area contributed by atoms with Gasteiger partial charge in [-0.1, -0.05) is 22.0 Å². The Kier molecular flexibility index (Phi) is 3.07. The highest BCUT2D eigenvalue weighted by molar-refractivity contribution is 9.09. The Bertz CT molecular complexity index is 572. The summed E-state index contributed by atoms with van der Waals surface area (Å²) in [6, 6.07) is 5.76. The van der Waals surface area contributed by atoms with Crippen LogP contribution in [0.25, 0.3) is 5.52 Å². The average molecular weight is 308 g/mol. The fourth-order valence-electron chi connectivity index (χ4n) is 2.32. The minimum absolute atomic E-state index is 0.0931. The van der Waals surface area contributed by atoms with Gasteiger partial charge in [0, 0.05) is 24.1 Å². The van der Waals surface area contributed by atoms with Gasteiger partial charge in [-0.3, -0.25) is 4.79 Å². The number of alkyl halides is 1. The molecule has 94 valence electrons. The van der Waals surface area contributed by atoms with Gasteiger partial charge >= 0.3 is 0 Å². The van der Waals surface area contributed by atoms with Crippen LogP contribution in [0.15, 0.2) is 30.6 Å². The topological polar surface area (TPSA) is 37.6 Å². The fraction of sp³-hybridized carbons (Fsp3) is 0.385. The number of hydrogen-bond donors (Lipinski definition) is 0. The number of piperidine rings is 1. The number of likely N-dealkylation sites (tertiary alicyclic amines) is 1. The molecule has 0 spiro atoms. The zero-order valence-corrected chi connectivity index (χ0v) is 11.5. The van der Waals surface area contributed by atoms with E-state index in [-0.39, 0.29) is 5.91 Å². The van der Waals surface area contributed by atoms with Gasteiger partial charge in [0.25, 0.3) is 5.91 Å². The molecule has 4 nitrogen and oxygen atoms in total. The van der Waals surface area contributed by atoms with Crippen molar-refractivity contribution >= 4 is 27.4 Å². The molecule has 0 aromatic carbocycles. The number of pyridine rings is 1. The zero-order chi connectivity index (χ0) is 12.5. The van der Waals surface area contributed by atoms with Gasteiger partial charge in [-0.15, -0.1) is 0 Å². The summed E-state index contributed by atoms with van der Waals surface area (Å²) in [4.78, 5) is 14.9. The maximum Gasteiger partial charge on any atom is 0.257 e. The summed E-state index contributed by atoms with van der Waals surface area (Å²) >= 11 is 3.60. The minimum Gasteiger partial charge on any atom is -0.338 e. The first-order chi connectivity index (χ1) is 8.75. The van der Waals surface area contributed by atoms with E-state index in [9.17, 15) is 4.79 Å². The molecule has 5 heteroatoms. The van der Waals surface area contributed by atoms with Gasteiger partial charge in [0.1, 0.15) is 0 Å². The third-order valence-corrected chi connectivity index (χ3v) is 4.28. The summed E-state index contributed by atoms with van der Waals surface area (Å²) in [6.45, 7) is 1.64. The number of carbonyl (C=O) groups excluding carboxylic acids is 1. The molecule has 1 fully saturated rings. The second-order valence-corrected chi connectivity index (χ2v) is 5.85. The SMILES string of the molecule is O=C(c1cnn2ccccc12)N1CCC(Br)CC1. The summed E-state index contributed by atoms with van der Waals surface area (Å²) in [5, 5.41) is 4.21. The molecule has 18 heavy (non-hydrogen) atoms. The Morgan fingerprint density at radius 3 is 2.89 bits per heavy atom. The Morgan fingerprint density at radius 1 is 1.33 bits per heavy atom. The standard InChI is InChI=1S/C13H14BrN3O/c14-10-4-7-16(8-5-10)13(18)11-9-15-17-6-2-1-3-12(11)17/h1-3,6,9-10H,4-5,7-8H2. The van der Waals surface area contributed by atoms with Gasteiger partial charge in [-0.2, -0.15) is 5.10 Å². The van der Waals surface area contributed by atoms with Crippen molar-refractivity contribution in [2.45, 2.75) is 17.7 Å². The first-order valence-electron chi connectivity index (χ1n) is 6.11. The fourth-order valence-corrected chi connectivity index (χ4v) is 2.73. The number of rotatable bonds is 1. The molecule has 0 unspecified atom stereocenters. The summed E-state index contributed by atoms with van der Waals surface area (Å²) in [5.41, 5.74) is 1.58. The largest absolute Gasteiger partial charge is 0.338 e. The molecular weight excluding hydrogens is 294 g/mol. The number of fused-ring (bicyclic) bond motifs is 1. The molecule has 0 saturated carbocycles. The molecule has 1 amide bonds. The lowest BCUT2D eigenvalue weighted by Crippen LogP contribution is -2.38. The summed E-state index contributed by atoms with van der Waals surface area (Å²) < 4.78 is 1.74. The van der Waals surface area contributed by atoms with E-state index in [4.69, 9.17) is 0 Å². The second kappa shape index (κ2) is 4.72. The molecule has 1 saturated heterocycles. The van der Waals surface area contributed by atoms with Gasteiger partial charge in [-0.25, -0.2) is 4.52 Å². The monoisotopic (exact) mass is 307 g/mol. The molecule has 1 aliphatic heterocycles. The molecule has 3 heterocycles. The summed E-state index contributed by atoms with van der Waals surface area (Å²) in [5.74, 6) is 0.0931. The first-order valence-corrected chi connectivity index (χ1v) is 7.03. The van der Waals surface area contributed by atoms with Crippen molar-refractivity contribution in [1.29, 1.82) is 0 Å². The van der Waals surface area contributed by atoms with Crippen molar-refractivity contribution < 1.29 is 4.79 Å². The maximum absolute atomic E-state index is 12.4. The minimum atomic E-state index is 0.0931. The van der Waals surface area contributed by atoms with Crippen molar-refractivity contribution in [3.63, 3.8) is 0 Å². The van der Waals surface area contributed by atoms with Crippen LogP contribution < -0.4 is 0 Å². The van der Waals surface area contributed by atoms with Crippen molar-refractivity contribution in [2.24, 2.45) is 0 Å². The van der Waals surface area contributed by atoms with Gasteiger partial charge < -0.3 is 4.90 Å². The normalized spacial score (nSPS) is 17.3. The van der Waals surface area contributed by atoms with Crippen LogP contribution in [0.5, 0.6) is 0 Å². The van der Waals surface area contributed by atoms with E-state index >= 15 is 0 Å². The number of aromatic nitrogens is 2. The third-order valence-electron chi connectivity index (χ3n) is 3.37. The first kappa shape index (κ1) is 11.7. The predicted octanol–water partition coefficient (Wildman–Crippen LogP) is 2.33. The van der Waals surface area contributed by atoms with E-state index in [0.29, 0.717) is 10.4 Å². The van der Waals surface area contributed by atoms with Crippen LogP contribution in [0, 0.1) is 0 Å². The molecule has 0 N–H and O–H groups in total. The Labute approximate surface area is 114 Å². The lowest BCUT2D eigenvalue weighted by Gasteiger charge is -2.29. The molecule has 0 radical (unpaired) electrons. The van der Waals surface area contributed by atoms with Crippen LogP contribution in [0.1, 0.15) is 23.2 Å². The molecule has 2 aromatic rings. The van der Waals surface area contributed by atoms with Gasteiger partial charge in [0.15, 0.2) is 0 Å².